The quantitative estimate of drug-likeness (QED) is 0.263. The summed E-state index contributed by atoms with van der Waals surface area (Å²) in [6.45, 7) is 1.88. The van der Waals surface area contributed by atoms with Crippen LogP contribution >= 0.6 is 0 Å². The van der Waals surface area contributed by atoms with Crippen molar-refractivity contribution in [3.8, 4) is 34.1 Å². The van der Waals surface area contributed by atoms with Crippen LogP contribution in [0.4, 0.5) is 0 Å². The highest BCUT2D eigenvalue weighted by Gasteiger charge is 2.34. The fourth-order valence-electron chi connectivity index (χ4n) is 4.64. The van der Waals surface area contributed by atoms with Gasteiger partial charge in [-0.25, -0.2) is 4.79 Å². The van der Waals surface area contributed by atoms with Crippen LogP contribution < -0.4 is 19.8 Å². The van der Waals surface area contributed by atoms with Gasteiger partial charge in [0, 0.05) is 23.1 Å². The van der Waals surface area contributed by atoms with Crippen LogP contribution in [0.15, 0.2) is 63.8 Å². The number of aromatic hydroxyl groups is 1. The summed E-state index contributed by atoms with van der Waals surface area (Å²) in [4.78, 5) is 25.2. The zero-order valence-corrected chi connectivity index (χ0v) is 18.9. The third-order valence-electron chi connectivity index (χ3n) is 6.16. The monoisotopic (exact) mass is 458 g/mol. The molecule has 1 aliphatic rings. The molecule has 34 heavy (non-hydrogen) atoms. The fraction of sp³-hybridized carbons (Fsp3) is 0.185. The number of phenols is 1. The summed E-state index contributed by atoms with van der Waals surface area (Å²) in [7, 11) is 2.91. The number of carbonyl (C=O) groups excluding carboxylic acids is 1. The molecule has 172 valence electrons. The minimum atomic E-state index is -0.489. The van der Waals surface area contributed by atoms with Crippen molar-refractivity contribution in [1.82, 2.24) is 0 Å². The Kier molecular flexibility index (Phi) is 5.24. The lowest BCUT2D eigenvalue weighted by Gasteiger charge is -2.28. The smallest absolute Gasteiger partial charge is 0.336 e. The van der Waals surface area contributed by atoms with Crippen molar-refractivity contribution in [3.05, 3.63) is 81.7 Å². The van der Waals surface area contributed by atoms with E-state index < -0.39 is 11.6 Å². The Morgan fingerprint density at radius 3 is 2.29 bits per heavy atom. The molecule has 3 aromatic carbocycles. The zero-order chi connectivity index (χ0) is 24.0. The highest BCUT2D eigenvalue weighted by Crippen LogP contribution is 2.49. The Balaban J connectivity index is 1.83. The Labute approximate surface area is 195 Å². The number of benzene rings is 3. The first kappa shape index (κ1) is 21.6. The molecule has 0 saturated heterocycles. The van der Waals surface area contributed by atoms with Gasteiger partial charge in [-0.15, -0.1) is 0 Å². The van der Waals surface area contributed by atoms with Crippen molar-refractivity contribution in [2.24, 2.45) is 0 Å². The van der Waals surface area contributed by atoms with Crippen LogP contribution in [0.2, 0.25) is 0 Å². The minimum absolute atomic E-state index is 0.0912. The van der Waals surface area contributed by atoms with Crippen molar-refractivity contribution in [2.75, 3.05) is 14.2 Å². The number of rotatable bonds is 4. The molecule has 4 aromatic rings. The maximum atomic E-state index is 12.8. The van der Waals surface area contributed by atoms with Gasteiger partial charge in [0.2, 0.25) is 5.75 Å². The maximum Gasteiger partial charge on any atom is 0.336 e. The number of carbonyl (C=O) groups is 1. The van der Waals surface area contributed by atoms with Crippen molar-refractivity contribution >= 4 is 16.9 Å². The normalized spacial score (nSPS) is 15.0. The molecule has 7 heteroatoms. The van der Waals surface area contributed by atoms with Gasteiger partial charge in [-0.2, -0.15) is 0 Å². The molecule has 1 aliphatic heterocycles. The van der Waals surface area contributed by atoms with E-state index in [1.54, 1.807) is 18.2 Å². The summed E-state index contributed by atoms with van der Waals surface area (Å²) < 4.78 is 22.0. The van der Waals surface area contributed by atoms with E-state index in [2.05, 4.69) is 0 Å². The van der Waals surface area contributed by atoms with Gasteiger partial charge in [0.25, 0.3) is 0 Å². The lowest BCUT2D eigenvalue weighted by Crippen LogP contribution is -2.22. The van der Waals surface area contributed by atoms with Crippen LogP contribution in [-0.4, -0.2) is 25.3 Å². The first-order chi connectivity index (χ1) is 16.4. The highest BCUT2D eigenvalue weighted by molar-refractivity contribution is 6.01. The molecule has 0 bridgehead atoms. The highest BCUT2D eigenvalue weighted by atomic mass is 16.5. The zero-order valence-electron chi connectivity index (χ0n) is 18.9. The average Bonchev–Trinajstić information content (AvgIpc) is 2.83. The molecular weight excluding hydrogens is 436 g/mol. The summed E-state index contributed by atoms with van der Waals surface area (Å²) >= 11 is 0. The molecule has 0 fully saturated rings. The van der Waals surface area contributed by atoms with E-state index >= 15 is 0 Å². The number of phenolic OH excluding ortho intramolecular Hbond substituents is 1. The van der Waals surface area contributed by atoms with Crippen molar-refractivity contribution in [2.45, 2.75) is 19.3 Å². The predicted octanol–water partition coefficient (Wildman–Crippen LogP) is 4.93. The largest absolute Gasteiger partial charge is 0.502 e. The second-order valence-electron chi connectivity index (χ2n) is 8.16. The van der Waals surface area contributed by atoms with E-state index in [4.69, 9.17) is 18.6 Å². The first-order valence-corrected chi connectivity index (χ1v) is 10.7. The van der Waals surface area contributed by atoms with E-state index in [0.717, 1.165) is 22.3 Å². The van der Waals surface area contributed by atoms with Crippen LogP contribution in [0.5, 0.6) is 23.0 Å². The Morgan fingerprint density at radius 1 is 0.971 bits per heavy atom. The van der Waals surface area contributed by atoms with Crippen LogP contribution in [-0.2, 0) is 4.79 Å². The van der Waals surface area contributed by atoms with Crippen LogP contribution in [0.25, 0.3) is 22.1 Å². The fourth-order valence-corrected chi connectivity index (χ4v) is 4.64. The first-order valence-electron chi connectivity index (χ1n) is 10.7. The van der Waals surface area contributed by atoms with E-state index in [1.807, 2.05) is 37.3 Å². The summed E-state index contributed by atoms with van der Waals surface area (Å²) in [5.41, 5.74) is 3.61. The molecule has 7 nitrogen and oxygen atoms in total. The minimum Gasteiger partial charge on any atom is -0.502 e. The van der Waals surface area contributed by atoms with Gasteiger partial charge >= 0.3 is 11.6 Å². The van der Waals surface area contributed by atoms with Gasteiger partial charge in [-0.05, 0) is 41.8 Å². The Morgan fingerprint density at radius 2 is 1.65 bits per heavy atom. The molecule has 5 rings (SSSR count). The van der Waals surface area contributed by atoms with E-state index in [1.165, 1.54) is 20.3 Å². The molecule has 0 radical (unpaired) electrons. The molecule has 1 atom stereocenters. The number of esters is 1. The van der Waals surface area contributed by atoms with E-state index in [-0.39, 0.29) is 29.6 Å². The number of hydrogen-bond acceptors (Lipinski definition) is 7. The average molecular weight is 458 g/mol. The third-order valence-corrected chi connectivity index (χ3v) is 6.16. The number of methoxy groups -OCH3 is 2. The van der Waals surface area contributed by atoms with Gasteiger partial charge in [0.1, 0.15) is 11.3 Å². The topological polar surface area (TPSA) is 95.2 Å². The second kappa shape index (κ2) is 8.26. The summed E-state index contributed by atoms with van der Waals surface area (Å²) in [6.07, 6.45) is 0.0912. The lowest BCUT2D eigenvalue weighted by molar-refractivity contribution is -0.135. The van der Waals surface area contributed by atoms with Crippen LogP contribution in [0, 0.1) is 6.92 Å². The summed E-state index contributed by atoms with van der Waals surface area (Å²) in [5.74, 6) is -0.0747. The molecule has 0 unspecified atom stereocenters. The standard InChI is InChI=1S/C27H22O7/c1-14-9-19-25(17(12-22(28)33-19)15-7-5-4-6-8-15)27-24(14)18(13-23(29)34-27)16-10-20(31-2)26(30)21(11-16)32-3/h4-12,18,30H,13H2,1-3H3/t18-/m1/s1. The Bertz CT molecular complexity index is 1460. The van der Waals surface area contributed by atoms with Crippen molar-refractivity contribution in [3.63, 3.8) is 0 Å². The number of fused-ring (bicyclic) bond motifs is 3. The van der Waals surface area contributed by atoms with Gasteiger partial charge in [0.05, 0.1) is 26.0 Å². The number of hydrogen-bond donors (Lipinski definition) is 1. The second-order valence-corrected chi connectivity index (χ2v) is 8.16. The SMILES string of the molecule is COc1cc([C@H]2CC(=O)Oc3c2c(C)cc2oc(=O)cc(-c4ccccc4)c32)cc(OC)c1O. The van der Waals surface area contributed by atoms with Gasteiger partial charge < -0.3 is 23.7 Å². The maximum absolute atomic E-state index is 12.8. The lowest BCUT2D eigenvalue weighted by atomic mass is 9.82. The molecule has 0 spiro atoms. The number of aryl methyl sites for hydroxylation is 1. The number of ether oxygens (including phenoxy) is 3. The van der Waals surface area contributed by atoms with Gasteiger partial charge in [-0.3, -0.25) is 4.79 Å². The van der Waals surface area contributed by atoms with Crippen LogP contribution in [0.1, 0.15) is 29.0 Å². The van der Waals surface area contributed by atoms with Crippen LogP contribution in [0.3, 0.4) is 0 Å². The van der Waals surface area contributed by atoms with Crippen molar-refractivity contribution < 1.29 is 28.5 Å². The molecular formula is C27H22O7. The Hall–Kier alpha value is -4.26. The van der Waals surface area contributed by atoms with E-state index in [9.17, 15) is 14.7 Å². The van der Waals surface area contributed by atoms with Crippen molar-refractivity contribution in [1.29, 1.82) is 0 Å². The molecule has 0 saturated carbocycles. The summed E-state index contributed by atoms with van der Waals surface area (Å²) in [6, 6.07) is 16.0. The molecule has 0 amide bonds. The molecule has 1 N–H and O–H groups in total. The summed E-state index contributed by atoms with van der Waals surface area (Å²) in [5, 5.41) is 10.9. The van der Waals surface area contributed by atoms with E-state index in [0.29, 0.717) is 22.3 Å². The third kappa shape index (κ3) is 3.46. The predicted molar refractivity (Wildman–Crippen MR) is 126 cm³/mol. The molecule has 2 heterocycles. The van der Waals surface area contributed by atoms with Gasteiger partial charge in [-0.1, -0.05) is 30.3 Å². The molecule has 0 aliphatic carbocycles. The van der Waals surface area contributed by atoms with Gasteiger partial charge in [0.15, 0.2) is 11.5 Å². The molecule has 1 aromatic heterocycles.